The second-order valence-electron chi connectivity index (χ2n) is 4.37. The van der Waals surface area contributed by atoms with Crippen LogP contribution < -0.4 is 5.56 Å². The number of rotatable bonds is 4. The standard InChI is InChI=1S/C15H15N3O3S/c1-3-21-15(20)13-12(9-16-10(2)22)14(19)18(17-13)11-7-5-4-6-8-11/h4-9,17H,3H2,1-2H3. The maximum absolute atomic E-state index is 12.5. The Hall–Kier alpha value is -2.54. The Bertz CT molecular complexity index is 775. The Labute approximate surface area is 132 Å². The van der Waals surface area contributed by atoms with Gasteiger partial charge in [-0.05, 0) is 26.0 Å². The third-order valence-corrected chi connectivity index (χ3v) is 2.90. The molecule has 0 aliphatic carbocycles. The van der Waals surface area contributed by atoms with E-state index in [4.69, 9.17) is 17.0 Å². The number of esters is 1. The van der Waals surface area contributed by atoms with Crippen molar-refractivity contribution in [3.8, 4) is 5.69 Å². The first kappa shape index (κ1) is 15.8. The highest BCUT2D eigenvalue weighted by molar-refractivity contribution is 7.80. The third kappa shape index (κ3) is 3.37. The van der Waals surface area contributed by atoms with E-state index in [-0.39, 0.29) is 17.9 Å². The molecule has 0 spiro atoms. The van der Waals surface area contributed by atoms with Gasteiger partial charge < -0.3 is 4.74 Å². The minimum absolute atomic E-state index is 0.0516. The van der Waals surface area contributed by atoms with E-state index in [9.17, 15) is 9.59 Å². The van der Waals surface area contributed by atoms with Crippen molar-refractivity contribution in [3.05, 3.63) is 51.9 Å². The highest BCUT2D eigenvalue weighted by atomic mass is 32.1. The van der Waals surface area contributed by atoms with Gasteiger partial charge in [0.1, 0.15) is 0 Å². The molecular weight excluding hydrogens is 302 g/mol. The van der Waals surface area contributed by atoms with Crippen LogP contribution in [0.5, 0.6) is 0 Å². The fourth-order valence-corrected chi connectivity index (χ4v) is 1.90. The molecule has 0 aliphatic rings. The van der Waals surface area contributed by atoms with Gasteiger partial charge in [0.15, 0.2) is 5.69 Å². The van der Waals surface area contributed by atoms with Gasteiger partial charge in [-0.1, -0.05) is 30.4 Å². The van der Waals surface area contributed by atoms with Crippen LogP contribution in [-0.2, 0) is 4.74 Å². The van der Waals surface area contributed by atoms with E-state index >= 15 is 0 Å². The number of thiocarbonyl (C=S) groups is 1. The quantitative estimate of drug-likeness (QED) is 0.532. The first-order chi connectivity index (χ1) is 10.5. The molecule has 0 radical (unpaired) electrons. The van der Waals surface area contributed by atoms with Crippen molar-refractivity contribution in [2.45, 2.75) is 13.8 Å². The molecule has 0 saturated heterocycles. The lowest BCUT2D eigenvalue weighted by molar-refractivity contribution is 0.0519. The summed E-state index contributed by atoms with van der Waals surface area (Å²) in [7, 11) is 0. The Morgan fingerprint density at radius 1 is 1.41 bits per heavy atom. The zero-order valence-corrected chi connectivity index (χ0v) is 13.0. The van der Waals surface area contributed by atoms with E-state index < -0.39 is 11.5 Å². The molecule has 0 fully saturated rings. The van der Waals surface area contributed by atoms with Crippen molar-refractivity contribution < 1.29 is 9.53 Å². The molecule has 1 aromatic heterocycles. The number of aliphatic imine (C=N–C) groups is 1. The predicted octanol–water partition coefficient (Wildman–Crippen LogP) is 2.11. The number of carbonyl (C=O) groups excluding carboxylic acids is 1. The number of aromatic amines is 1. The van der Waals surface area contributed by atoms with Gasteiger partial charge in [0.25, 0.3) is 5.56 Å². The Morgan fingerprint density at radius 3 is 2.68 bits per heavy atom. The second kappa shape index (κ2) is 6.95. The average Bonchev–Trinajstić information content (AvgIpc) is 2.83. The molecule has 0 aliphatic heterocycles. The number of para-hydroxylation sites is 1. The van der Waals surface area contributed by atoms with Crippen molar-refractivity contribution in [1.82, 2.24) is 9.78 Å². The highest BCUT2D eigenvalue weighted by Crippen LogP contribution is 2.08. The molecule has 7 heteroatoms. The van der Waals surface area contributed by atoms with Crippen LogP contribution in [0, 0.1) is 0 Å². The van der Waals surface area contributed by atoms with Gasteiger partial charge in [0.05, 0.1) is 22.8 Å². The number of nitrogens with one attached hydrogen (secondary N) is 1. The number of ether oxygens (including phenoxy) is 1. The van der Waals surface area contributed by atoms with E-state index in [1.807, 2.05) is 6.07 Å². The Balaban J connectivity index is 2.59. The summed E-state index contributed by atoms with van der Waals surface area (Å²) >= 11 is 4.87. The number of hydrogen-bond acceptors (Lipinski definition) is 4. The lowest BCUT2D eigenvalue weighted by Crippen LogP contribution is -2.17. The molecule has 0 bridgehead atoms. The van der Waals surface area contributed by atoms with Gasteiger partial charge in [0.2, 0.25) is 0 Å². The molecular formula is C15H15N3O3S. The van der Waals surface area contributed by atoms with Gasteiger partial charge in [-0.3, -0.25) is 9.89 Å². The van der Waals surface area contributed by atoms with Crippen LogP contribution in [0.25, 0.3) is 5.69 Å². The number of benzene rings is 1. The predicted molar refractivity (Wildman–Crippen MR) is 88.2 cm³/mol. The topological polar surface area (TPSA) is 76.5 Å². The summed E-state index contributed by atoms with van der Waals surface area (Å²) in [5.74, 6) is -0.613. The molecule has 1 aromatic carbocycles. The number of aromatic nitrogens is 2. The molecule has 0 atom stereocenters. The molecule has 1 N–H and O–H groups in total. The molecule has 0 unspecified atom stereocenters. The number of hydrogen-bond donors (Lipinski definition) is 1. The minimum atomic E-state index is -0.613. The summed E-state index contributed by atoms with van der Waals surface area (Å²) in [6.07, 6.45) is 1.28. The van der Waals surface area contributed by atoms with Crippen molar-refractivity contribution >= 4 is 29.4 Å². The average molecular weight is 317 g/mol. The first-order valence-electron chi connectivity index (χ1n) is 6.66. The molecule has 0 amide bonds. The summed E-state index contributed by atoms with van der Waals surface area (Å²) in [5, 5.41) is 2.77. The van der Waals surface area contributed by atoms with Gasteiger partial charge in [-0.2, -0.15) is 0 Å². The van der Waals surface area contributed by atoms with E-state index in [2.05, 4.69) is 10.1 Å². The molecule has 2 aromatic rings. The van der Waals surface area contributed by atoms with Crippen LogP contribution in [0.1, 0.15) is 29.9 Å². The van der Waals surface area contributed by atoms with Crippen LogP contribution >= 0.6 is 12.2 Å². The fourth-order valence-electron chi connectivity index (χ4n) is 1.84. The normalized spacial score (nSPS) is 10.8. The summed E-state index contributed by atoms with van der Waals surface area (Å²) in [6.45, 7) is 3.53. The van der Waals surface area contributed by atoms with E-state index in [1.54, 1.807) is 38.1 Å². The lowest BCUT2D eigenvalue weighted by atomic mass is 10.2. The third-order valence-electron chi connectivity index (χ3n) is 2.80. The van der Waals surface area contributed by atoms with Crippen molar-refractivity contribution in [2.75, 3.05) is 6.61 Å². The van der Waals surface area contributed by atoms with Crippen LogP contribution in [-0.4, -0.2) is 33.6 Å². The maximum atomic E-state index is 12.5. The summed E-state index contributed by atoms with van der Waals surface area (Å²) in [4.78, 5) is 28.8. The lowest BCUT2D eigenvalue weighted by Gasteiger charge is -2.01. The van der Waals surface area contributed by atoms with E-state index in [0.29, 0.717) is 10.7 Å². The number of H-pyrrole nitrogens is 1. The number of nitrogens with zero attached hydrogens (tertiary/aromatic N) is 2. The van der Waals surface area contributed by atoms with Gasteiger partial charge in [-0.15, -0.1) is 0 Å². The van der Waals surface area contributed by atoms with Gasteiger partial charge in [0, 0.05) is 6.21 Å². The van der Waals surface area contributed by atoms with Crippen molar-refractivity contribution in [1.29, 1.82) is 0 Å². The van der Waals surface area contributed by atoms with E-state index in [0.717, 1.165) is 0 Å². The SMILES string of the molecule is CCOC(=O)c1[nH]n(-c2ccccc2)c(=O)c1C=NC(C)=S. The van der Waals surface area contributed by atoms with Crippen LogP contribution in [0.15, 0.2) is 40.1 Å². The Kier molecular flexibility index (Phi) is 5.00. The summed E-state index contributed by atoms with van der Waals surface area (Å²) in [5.41, 5.74) is 0.383. The monoisotopic (exact) mass is 317 g/mol. The molecule has 1 heterocycles. The maximum Gasteiger partial charge on any atom is 0.357 e. The fraction of sp³-hybridized carbons (Fsp3) is 0.200. The first-order valence-corrected chi connectivity index (χ1v) is 7.07. The van der Waals surface area contributed by atoms with E-state index in [1.165, 1.54) is 10.9 Å². The largest absolute Gasteiger partial charge is 0.461 e. The zero-order chi connectivity index (χ0) is 16.1. The smallest absolute Gasteiger partial charge is 0.357 e. The molecule has 22 heavy (non-hydrogen) atoms. The van der Waals surface area contributed by atoms with Crippen LogP contribution in [0.4, 0.5) is 0 Å². The van der Waals surface area contributed by atoms with Crippen LogP contribution in [0.3, 0.4) is 0 Å². The van der Waals surface area contributed by atoms with Crippen LogP contribution in [0.2, 0.25) is 0 Å². The molecule has 114 valence electrons. The van der Waals surface area contributed by atoms with Crippen molar-refractivity contribution in [2.24, 2.45) is 4.99 Å². The van der Waals surface area contributed by atoms with Crippen molar-refractivity contribution in [3.63, 3.8) is 0 Å². The zero-order valence-electron chi connectivity index (χ0n) is 12.2. The highest BCUT2D eigenvalue weighted by Gasteiger charge is 2.20. The number of carbonyl (C=O) groups is 1. The Morgan fingerprint density at radius 2 is 2.09 bits per heavy atom. The molecule has 2 rings (SSSR count). The summed E-state index contributed by atoms with van der Waals surface area (Å²) < 4.78 is 6.23. The minimum Gasteiger partial charge on any atom is -0.461 e. The molecule has 6 nitrogen and oxygen atoms in total. The second-order valence-corrected chi connectivity index (χ2v) is 4.97. The van der Waals surface area contributed by atoms with Gasteiger partial charge >= 0.3 is 5.97 Å². The molecule has 0 saturated carbocycles. The van der Waals surface area contributed by atoms with Gasteiger partial charge in [-0.25, -0.2) is 14.5 Å². The summed E-state index contributed by atoms with van der Waals surface area (Å²) in [6, 6.07) is 8.92.